The molecule has 16 heavy (non-hydrogen) atoms. The average Bonchev–Trinajstić information content (AvgIpc) is 2.16. The van der Waals surface area contributed by atoms with Gasteiger partial charge in [-0.1, -0.05) is 20.8 Å². The van der Waals surface area contributed by atoms with Gasteiger partial charge < -0.3 is 10.4 Å². The van der Waals surface area contributed by atoms with Crippen LogP contribution in [0.5, 0.6) is 0 Å². The van der Waals surface area contributed by atoms with Crippen LogP contribution in [-0.4, -0.2) is 27.1 Å². The molecule has 5 heteroatoms. The van der Waals surface area contributed by atoms with Crippen LogP contribution in [0.25, 0.3) is 0 Å². The lowest BCUT2D eigenvalue weighted by Crippen LogP contribution is -2.36. The molecule has 5 nitrogen and oxygen atoms in total. The van der Waals surface area contributed by atoms with Gasteiger partial charge in [-0.2, -0.15) is 0 Å². The Balaban J connectivity index is 2.75. The third-order valence-corrected chi connectivity index (χ3v) is 2.29. The van der Waals surface area contributed by atoms with Gasteiger partial charge in [0.05, 0.1) is 6.42 Å². The second-order valence-corrected chi connectivity index (χ2v) is 4.73. The molecule has 1 heterocycles. The molecule has 2 N–H and O–H groups in total. The Hall–Kier alpha value is -1.65. The molecule has 1 aromatic rings. The fraction of sp³-hybridized carbons (Fsp3) is 0.545. The van der Waals surface area contributed by atoms with Crippen LogP contribution in [0.4, 0.5) is 5.95 Å². The Kier molecular flexibility index (Phi) is 3.82. The van der Waals surface area contributed by atoms with Crippen molar-refractivity contribution in [2.75, 3.05) is 5.32 Å². The van der Waals surface area contributed by atoms with Gasteiger partial charge in [-0.15, -0.1) is 0 Å². The summed E-state index contributed by atoms with van der Waals surface area (Å²) in [5.74, 6) is -0.368. The quantitative estimate of drug-likeness (QED) is 0.813. The average molecular weight is 223 g/mol. The summed E-state index contributed by atoms with van der Waals surface area (Å²) in [5.41, 5.74) is -0.169. The maximum Gasteiger partial charge on any atom is 0.305 e. The number of hydrogen-bond acceptors (Lipinski definition) is 4. The highest BCUT2D eigenvalue weighted by atomic mass is 16.4. The zero-order chi connectivity index (χ0) is 12.2. The summed E-state index contributed by atoms with van der Waals surface area (Å²) in [6.07, 6.45) is 3.29. The summed E-state index contributed by atoms with van der Waals surface area (Å²) in [5, 5.41) is 11.9. The molecule has 0 amide bonds. The van der Waals surface area contributed by atoms with Crippen molar-refractivity contribution in [2.45, 2.75) is 33.2 Å². The molecule has 1 aromatic heterocycles. The van der Waals surface area contributed by atoms with E-state index in [9.17, 15) is 4.79 Å². The molecule has 0 saturated heterocycles. The zero-order valence-corrected chi connectivity index (χ0v) is 9.77. The van der Waals surface area contributed by atoms with Crippen molar-refractivity contribution in [3.8, 4) is 0 Å². The lowest BCUT2D eigenvalue weighted by atomic mass is 9.85. The minimum absolute atomic E-state index is 0.0434. The maximum absolute atomic E-state index is 10.8. The van der Waals surface area contributed by atoms with Crippen LogP contribution in [0.2, 0.25) is 0 Å². The maximum atomic E-state index is 10.8. The Morgan fingerprint density at radius 2 is 2.00 bits per heavy atom. The lowest BCUT2D eigenvalue weighted by molar-refractivity contribution is -0.137. The summed E-state index contributed by atoms with van der Waals surface area (Å²) in [7, 11) is 0. The molecule has 0 spiro atoms. The van der Waals surface area contributed by atoms with Crippen molar-refractivity contribution in [1.82, 2.24) is 9.97 Å². The van der Waals surface area contributed by atoms with E-state index in [0.29, 0.717) is 5.95 Å². The van der Waals surface area contributed by atoms with E-state index in [1.165, 1.54) is 0 Å². The van der Waals surface area contributed by atoms with Gasteiger partial charge in [0.2, 0.25) is 5.95 Å². The number of hydrogen-bond donors (Lipinski definition) is 2. The van der Waals surface area contributed by atoms with Crippen LogP contribution in [0.15, 0.2) is 18.5 Å². The number of carboxylic acid groups (broad SMARTS) is 1. The van der Waals surface area contributed by atoms with Crippen molar-refractivity contribution in [1.29, 1.82) is 0 Å². The first-order valence-electron chi connectivity index (χ1n) is 5.15. The van der Waals surface area contributed by atoms with Crippen molar-refractivity contribution in [3.63, 3.8) is 0 Å². The molecular formula is C11H17N3O2. The van der Waals surface area contributed by atoms with E-state index in [-0.39, 0.29) is 17.9 Å². The van der Waals surface area contributed by atoms with Gasteiger partial charge in [0.15, 0.2) is 0 Å². The lowest BCUT2D eigenvalue weighted by Gasteiger charge is -2.30. The van der Waals surface area contributed by atoms with Crippen LogP contribution in [0.1, 0.15) is 27.2 Å². The minimum atomic E-state index is -0.830. The van der Waals surface area contributed by atoms with Gasteiger partial charge in [0.1, 0.15) is 0 Å². The molecule has 0 saturated carbocycles. The Labute approximate surface area is 94.9 Å². The number of anilines is 1. The highest BCUT2D eigenvalue weighted by molar-refractivity contribution is 5.68. The molecule has 1 rings (SSSR count). The molecule has 0 aromatic carbocycles. The smallest absolute Gasteiger partial charge is 0.305 e. The summed E-state index contributed by atoms with van der Waals surface area (Å²) < 4.78 is 0. The zero-order valence-electron chi connectivity index (χ0n) is 9.77. The molecule has 0 aliphatic rings. The van der Waals surface area contributed by atoms with E-state index in [0.717, 1.165) is 0 Å². The number of carbonyl (C=O) groups is 1. The van der Waals surface area contributed by atoms with Crippen molar-refractivity contribution >= 4 is 11.9 Å². The third-order valence-electron chi connectivity index (χ3n) is 2.29. The number of nitrogens with one attached hydrogen (secondary N) is 1. The van der Waals surface area contributed by atoms with Gasteiger partial charge in [-0.05, 0) is 11.5 Å². The highest BCUT2D eigenvalue weighted by Crippen LogP contribution is 2.24. The van der Waals surface area contributed by atoms with E-state index in [1.54, 1.807) is 18.5 Å². The van der Waals surface area contributed by atoms with E-state index in [2.05, 4.69) is 15.3 Å². The van der Waals surface area contributed by atoms with Crippen molar-refractivity contribution in [2.24, 2.45) is 5.41 Å². The van der Waals surface area contributed by atoms with Crippen LogP contribution >= 0.6 is 0 Å². The predicted molar refractivity (Wildman–Crippen MR) is 61.2 cm³/mol. The first-order chi connectivity index (χ1) is 7.39. The van der Waals surface area contributed by atoms with E-state index >= 15 is 0 Å². The molecular weight excluding hydrogens is 206 g/mol. The van der Waals surface area contributed by atoms with Crippen LogP contribution in [0.3, 0.4) is 0 Å². The normalized spacial score (nSPS) is 13.2. The van der Waals surface area contributed by atoms with E-state index in [4.69, 9.17) is 5.11 Å². The molecule has 0 aliphatic heterocycles. The molecule has 0 aliphatic carbocycles. The Morgan fingerprint density at radius 1 is 1.44 bits per heavy atom. The van der Waals surface area contributed by atoms with Crippen LogP contribution < -0.4 is 5.32 Å². The first-order valence-corrected chi connectivity index (χ1v) is 5.15. The first kappa shape index (κ1) is 12.4. The summed E-state index contributed by atoms with van der Waals surface area (Å²) >= 11 is 0. The van der Waals surface area contributed by atoms with E-state index in [1.807, 2.05) is 20.8 Å². The number of nitrogens with zero attached hydrogens (tertiary/aromatic N) is 2. The number of carboxylic acids is 1. The number of aromatic nitrogens is 2. The van der Waals surface area contributed by atoms with Crippen molar-refractivity contribution < 1.29 is 9.90 Å². The van der Waals surface area contributed by atoms with E-state index < -0.39 is 5.97 Å². The summed E-state index contributed by atoms with van der Waals surface area (Å²) in [6.45, 7) is 5.95. The van der Waals surface area contributed by atoms with Crippen LogP contribution in [0, 0.1) is 5.41 Å². The topological polar surface area (TPSA) is 75.1 Å². The fourth-order valence-corrected chi connectivity index (χ4v) is 1.28. The molecule has 0 bridgehead atoms. The van der Waals surface area contributed by atoms with Crippen molar-refractivity contribution in [3.05, 3.63) is 18.5 Å². The number of aliphatic carboxylic acids is 1. The molecule has 0 radical (unpaired) electrons. The molecule has 88 valence electrons. The number of rotatable bonds is 4. The second-order valence-electron chi connectivity index (χ2n) is 4.73. The highest BCUT2D eigenvalue weighted by Gasteiger charge is 2.27. The van der Waals surface area contributed by atoms with Gasteiger partial charge in [-0.3, -0.25) is 4.79 Å². The largest absolute Gasteiger partial charge is 0.481 e. The minimum Gasteiger partial charge on any atom is -0.481 e. The Bertz CT molecular complexity index is 346. The predicted octanol–water partition coefficient (Wildman–Crippen LogP) is 1.78. The molecule has 1 atom stereocenters. The van der Waals surface area contributed by atoms with Gasteiger partial charge in [0, 0.05) is 18.4 Å². The van der Waals surface area contributed by atoms with Crippen LogP contribution in [-0.2, 0) is 4.79 Å². The Morgan fingerprint density at radius 3 is 2.44 bits per heavy atom. The fourth-order valence-electron chi connectivity index (χ4n) is 1.28. The summed E-state index contributed by atoms with van der Waals surface area (Å²) in [4.78, 5) is 18.8. The monoisotopic (exact) mass is 223 g/mol. The van der Waals surface area contributed by atoms with Gasteiger partial charge >= 0.3 is 5.97 Å². The van der Waals surface area contributed by atoms with Gasteiger partial charge in [-0.25, -0.2) is 9.97 Å². The molecule has 1 unspecified atom stereocenters. The molecule has 0 fully saturated rings. The standard InChI is InChI=1S/C11H17N3O2/c1-11(2,3)8(7-9(15)16)14-10-12-5-4-6-13-10/h4-6,8H,7H2,1-3H3,(H,15,16)(H,12,13,14). The second kappa shape index (κ2) is 4.92. The SMILES string of the molecule is CC(C)(C)C(CC(=O)O)Nc1ncccn1. The summed E-state index contributed by atoms with van der Waals surface area (Å²) in [6, 6.07) is 1.52. The van der Waals surface area contributed by atoms with Gasteiger partial charge in [0.25, 0.3) is 0 Å². The third kappa shape index (κ3) is 3.84.